The molecule has 4 heterocycles. The van der Waals surface area contributed by atoms with Crippen molar-refractivity contribution in [2.24, 2.45) is 0 Å². The number of carbonyl (C=O) groups is 1. The lowest BCUT2D eigenvalue weighted by Gasteiger charge is -2.05. The maximum atomic E-state index is 13.3. The Morgan fingerprint density at radius 3 is 2.84 bits per heavy atom. The zero-order valence-corrected chi connectivity index (χ0v) is 16.6. The molecule has 0 unspecified atom stereocenters. The van der Waals surface area contributed by atoms with Crippen LogP contribution in [0.1, 0.15) is 5.76 Å². The fourth-order valence-electron chi connectivity index (χ4n) is 3.34. The van der Waals surface area contributed by atoms with Gasteiger partial charge in [-0.05, 0) is 41.8 Å². The molecule has 1 amide bonds. The Kier molecular flexibility index (Phi) is 4.51. The van der Waals surface area contributed by atoms with Crippen LogP contribution in [0.2, 0.25) is 0 Å². The zero-order valence-electron chi connectivity index (χ0n) is 15.8. The summed E-state index contributed by atoms with van der Waals surface area (Å²) < 4.78 is 22.7. The Hall–Kier alpha value is -3.99. The molecule has 0 spiro atoms. The summed E-state index contributed by atoms with van der Waals surface area (Å²) in [5, 5.41) is 8.48. The molecule has 0 aliphatic rings. The molecule has 5 aromatic rings. The molecule has 0 bridgehead atoms. The summed E-state index contributed by atoms with van der Waals surface area (Å²) in [6.45, 7) is -0.327. The number of aromatic nitrogens is 4. The van der Waals surface area contributed by atoms with Crippen LogP contribution >= 0.6 is 11.3 Å². The van der Waals surface area contributed by atoms with Crippen molar-refractivity contribution in [3.8, 4) is 0 Å². The van der Waals surface area contributed by atoms with Gasteiger partial charge in [-0.2, -0.15) is 0 Å². The predicted octanol–water partition coefficient (Wildman–Crippen LogP) is 2.29. The van der Waals surface area contributed by atoms with E-state index in [-0.39, 0.29) is 23.6 Å². The molecule has 0 fully saturated rings. The van der Waals surface area contributed by atoms with Crippen molar-refractivity contribution < 1.29 is 13.6 Å². The van der Waals surface area contributed by atoms with Crippen molar-refractivity contribution >= 4 is 38.9 Å². The van der Waals surface area contributed by atoms with Gasteiger partial charge in [0.25, 0.3) is 5.56 Å². The van der Waals surface area contributed by atoms with Crippen LogP contribution in [0.25, 0.3) is 16.0 Å². The van der Waals surface area contributed by atoms with E-state index < -0.39 is 24.0 Å². The topological polar surface area (TPSA) is 104 Å². The zero-order chi connectivity index (χ0) is 21.5. The molecule has 31 heavy (non-hydrogen) atoms. The number of thiophene rings is 1. The van der Waals surface area contributed by atoms with Gasteiger partial charge in [0.15, 0.2) is 0 Å². The van der Waals surface area contributed by atoms with Crippen molar-refractivity contribution in [2.45, 2.75) is 13.1 Å². The highest BCUT2D eigenvalue weighted by atomic mass is 32.1. The molecule has 0 saturated heterocycles. The number of fused-ring (bicyclic) bond motifs is 3. The predicted molar refractivity (Wildman–Crippen MR) is 112 cm³/mol. The smallest absolute Gasteiger partial charge is 0.352 e. The third-order valence-electron chi connectivity index (χ3n) is 4.68. The van der Waals surface area contributed by atoms with Gasteiger partial charge in [0, 0.05) is 5.69 Å². The standard InChI is InChI=1S/C20H14FN5O4S/c21-12-3-1-4-13(9-12)22-16(27)11-25-20(29)26-15-6-8-31-17(15)18(28)24(19(26)23-25)10-14-5-2-7-30-14/h1-9H,10-11H2,(H,22,27). The van der Waals surface area contributed by atoms with Crippen LogP contribution in [0.15, 0.2) is 68.1 Å². The van der Waals surface area contributed by atoms with Crippen LogP contribution in [0, 0.1) is 5.82 Å². The Bertz CT molecular complexity index is 1540. The van der Waals surface area contributed by atoms with Gasteiger partial charge in [-0.1, -0.05) is 6.07 Å². The van der Waals surface area contributed by atoms with Gasteiger partial charge < -0.3 is 9.73 Å². The number of nitrogens with one attached hydrogen (secondary N) is 1. The highest BCUT2D eigenvalue weighted by Crippen LogP contribution is 2.18. The summed E-state index contributed by atoms with van der Waals surface area (Å²) in [6.07, 6.45) is 1.49. The van der Waals surface area contributed by atoms with Gasteiger partial charge in [0.1, 0.15) is 22.8 Å². The average molecular weight is 439 g/mol. The SMILES string of the molecule is O=C(Cn1nc2n(Cc3ccco3)c(=O)c3sccc3n2c1=O)Nc1cccc(F)c1. The number of nitrogens with zero attached hydrogens (tertiary/aromatic N) is 4. The summed E-state index contributed by atoms with van der Waals surface area (Å²) >= 11 is 1.22. The lowest BCUT2D eigenvalue weighted by atomic mass is 10.3. The van der Waals surface area contributed by atoms with E-state index in [9.17, 15) is 18.8 Å². The van der Waals surface area contributed by atoms with Crippen LogP contribution < -0.4 is 16.6 Å². The fourth-order valence-corrected chi connectivity index (χ4v) is 4.16. The molecule has 5 rings (SSSR count). The van der Waals surface area contributed by atoms with Gasteiger partial charge in [-0.25, -0.2) is 18.3 Å². The summed E-state index contributed by atoms with van der Waals surface area (Å²) in [5.74, 6) is -0.441. The summed E-state index contributed by atoms with van der Waals surface area (Å²) in [4.78, 5) is 38.5. The second-order valence-corrected chi connectivity index (χ2v) is 7.66. The number of hydrogen-bond acceptors (Lipinski definition) is 6. The quantitative estimate of drug-likeness (QED) is 0.453. The Balaban J connectivity index is 1.58. The summed E-state index contributed by atoms with van der Waals surface area (Å²) in [7, 11) is 0. The van der Waals surface area contributed by atoms with Gasteiger partial charge in [-0.15, -0.1) is 16.4 Å². The minimum atomic E-state index is -0.569. The highest BCUT2D eigenvalue weighted by Gasteiger charge is 2.20. The monoisotopic (exact) mass is 439 g/mol. The van der Waals surface area contributed by atoms with Gasteiger partial charge in [-0.3, -0.25) is 14.2 Å². The first-order chi connectivity index (χ1) is 15.0. The average Bonchev–Trinajstić information content (AvgIpc) is 3.46. The minimum Gasteiger partial charge on any atom is -0.467 e. The van der Waals surface area contributed by atoms with Gasteiger partial charge in [0.2, 0.25) is 11.7 Å². The van der Waals surface area contributed by atoms with Crippen molar-refractivity contribution in [2.75, 3.05) is 5.32 Å². The molecule has 0 saturated carbocycles. The number of rotatable bonds is 5. The largest absolute Gasteiger partial charge is 0.467 e. The first-order valence-electron chi connectivity index (χ1n) is 9.18. The van der Waals surface area contributed by atoms with E-state index in [1.165, 1.54) is 50.8 Å². The molecule has 1 N–H and O–H groups in total. The molecule has 0 aliphatic carbocycles. The molecule has 0 radical (unpaired) electrons. The Labute approximate surface area is 176 Å². The summed E-state index contributed by atoms with van der Waals surface area (Å²) in [5.41, 5.74) is -0.199. The lowest BCUT2D eigenvalue weighted by Crippen LogP contribution is -2.29. The molecular weight excluding hydrogens is 425 g/mol. The van der Waals surface area contributed by atoms with E-state index in [0.29, 0.717) is 16.0 Å². The van der Waals surface area contributed by atoms with Crippen LogP contribution in [-0.4, -0.2) is 24.7 Å². The summed E-state index contributed by atoms with van der Waals surface area (Å²) in [6, 6.07) is 10.5. The third kappa shape index (κ3) is 3.34. The number of furan rings is 1. The molecule has 9 nitrogen and oxygen atoms in total. The number of carbonyl (C=O) groups excluding carboxylic acids is 1. The number of anilines is 1. The van der Waals surface area contributed by atoms with E-state index in [0.717, 1.165) is 4.68 Å². The van der Waals surface area contributed by atoms with Gasteiger partial charge in [0.05, 0.1) is 18.3 Å². The molecule has 0 atom stereocenters. The second kappa shape index (κ2) is 7.36. The van der Waals surface area contributed by atoms with E-state index in [2.05, 4.69) is 10.4 Å². The fraction of sp³-hybridized carbons (Fsp3) is 0.100. The van der Waals surface area contributed by atoms with Crippen LogP contribution in [-0.2, 0) is 17.9 Å². The number of amides is 1. The van der Waals surface area contributed by atoms with Crippen LogP contribution in [0.3, 0.4) is 0 Å². The minimum absolute atomic E-state index is 0.0785. The molecular formula is C20H14FN5O4S. The van der Waals surface area contributed by atoms with E-state index in [4.69, 9.17) is 4.42 Å². The molecule has 1 aromatic carbocycles. The Morgan fingerprint density at radius 2 is 2.06 bits per heavy atom. The lowest BCUT2D eigenvalue weighted by molar-refractivity contribution is -0.117. The maximum absolute atomic E-state index is 13.3. The molecule has 4 aromatic heterocycles. The number of hydrogen-bond donors (Lipinski definition) is 1. The van der Waals surface area contributed by atoms with E-state index in [1.54, 1.807) is 23.6 Å². The van der Waals surface area contributed by atoms with Crippen molar-refractivity contribution in [1.82, 2.24) is 18.7 Å². The highest BCUT2D eigenvalue weighted by molar-refractivity contribution is 7.17. The van der Waals surface area contributed by atoms with E-state index in [1.807, 2.05) is 0 Å². The molecule has 156 valence electrons. The maximum Gasteiger partial charge on any atom is 0.352 e. The van der Waals surface area contributed by atoms with Crippen molar-refractivity contribution in [3.63, 3.8) is 0 Å². The molecule has 0 aliphatic heterocycles. The Morgan fingerprint density at radius 1 is 1.19 bits per heavy atom. The van der Waals surface area contributed by atoms with Crippen molar-refractivity contribution in [3.05, 3.63) is 86.5 Å². The second-order valence-electron chi connectivity index (χ2n) is 6.74. The number of benzene rings is 1. The number of halogens is 1. The first-order valence-corrected chi connectivity index (χ1v) is 10.1. The van der Waals surface area contributed by atoms with Crippen LogP contribution in [0.4, 0.5) is 10.1 Å². The van der Waals surface area contributed by atoms with Gasteiger partial charge >= 0.3 is 5.69 Å². The van der Waals surface area contributed by atoms with Crippen molar-refractivity contribution in [1.29, 1.82) is 0 Å². The van der Waals surface area contributed by atoms with E-state index >= 15 is 0 Å². The van der Waals surface area contributed by atoms with Crippen LogP contribution in [0.5, 0.6) is 0 Å². The first kappa shape index (κ1) is 19.0. The molecule has 11 heteroatoms. The normalized spacial score (nSPS) is 11.4. The third-order valence-corrected chi connectivity index (χ3v) is 5.58.